The number of aliphatic hydroxyl groups is 1. The number of nitrogens with zero attached hydrogens (tertiary/aromatic N) is 3. The molecule has 120 valence electrons. The topological polar surface area (TPSA) is 96.0 Å². The monoisotopic (exact) mass is 321 g/mol. The lowest BCUT2D eigenvalue weighted by atomic mass is 10.3. The first-order valence-electron chi connectivity index (χ1n) is 6.79. The van der Waals surface area contributed by atoms with Crippen molar-refractivity contribution in [1.29, 1.82) is 0 Å². The van der Waals surface area contributed by atoms with E-state index in [2.05, 4.69) is 25.5 Å². The van der Waals surface area contributed by atoms with Gasteiger partial charge in [-0.2, -0.15) is 15.1 Å². The maximum Gasteiger partial charge on any atom is 0.326 e. The van der Waals surface area contributed by atoms with Gasteiger partial charge in [-0.1, -0.05) is 0 Å². The van der Waals surface area contributed by atoms with Gasteiger partial charge in [0.25, 0.3) is 0 Å². The van der Waals surface area contributed by atoms with Crippen LogP contribution in [0.25, 0.3) is 11.0 Å². The number of hydrogen-bond donors (Lipinski definition) is 3. The summed E-state index contributed by atoms with van der Waals surface area (Å²) in [5.74, 6) is -1.40. The number of hydrogen-bond acceptors (Lipinski definition) is 6. The summed E-state index contributed by atoms with van der Waals surface area (Å²) in [6.07, 6.45) is 0.924. The number of halogens is 2. The Labute approximate surface area is 129 Å². The SMILES string of the molecule is C[C@H](O)CNc1nc(Oc2ccc(F)cc2F)nc2[nH]ncc12. The number of fused-ring (bicyclic) bond motifs is 1. The molecule has 7 nitrogen and oxygen atoms in total. The van der Waals surface area contributed by atoms with Crippen LogP contribution in [0.1, 0.15) is 6.92 Å². The second-order valence-electron chi connectivity index (χ2n) is 4.89. The van der Waals surface area contributed by atoms with Crippen LogP contribution in [0.4, 0.5) is 14.6 Å². The number of aromatic nitrogens is 4. The minimum Gasteiger partial charge on any atom is -0.421 e. The van der Waals surface area contributed by atoms with Crippen LogP contribution in [0.15, 0.2) is 24.4 Å². The van der Waals surface area contributed by atoms with Crippen LogP contribution in [-0.4, -0.2) is 37.9 Å². The number of H-pyrrole nitrogens is 1. The zero-order valence-corrected chi connectivity index (χ0v) is 12.0. The van der Waals surface area contributed by atoms with Gasteiger partial charge in [0.1, 0.15) is 11.6 Å². The van der Waals surface area contributed by atoms with Crippen LogP contribution in [0.5, 0.6) is 11.8 Å². The van der Waals surface area contributed by atoms with Gasteiger partial charge >= 0.3 is 6.01 Å². The van der Waals surface area contributed by atoms with Crippen LogP contribution in [0.2, 0.25) is 0 Å². The molecule has 3 aromatic rings. The highest BCUT2D eigenvalue weighted by atomic mass is 19.1. The molecule has 2 aromatic heterocycles. The molecule has 2 heterocycles. The van der Waals surface area contributed by atoms with E-state index in [-0.39, 0.29) is 18.3 Å². The molecule has 1 atom stereocenters. The van der Waals surface area contributed by atoms with Crippen LogP contribution in [0.3, 0.4) is 0 Å². The van der Waals surface area contributed by atoms with E-state index in [4.69, 9.17) is 4.74 Å². The maximum atomic E-state index is 13.7. The van der Waals surface area contributed by atoms with Crippen LogP contribution in [0, 0.1) is 11.6 Å². The number of nitrogens with one attached hydrogen (secondary N) is 2. The number of rotatable bonds is 5. The minimum absolute atomic E-state index is 0.139. The molecule has 1 aromatic carbocycles. The lowest BCUT2D eigenvalue weighted by Gasteiger charge is -2.10. The Morgan fingerprint density at radius 2 is 2.17 bits per heavy atom. The number of aromatic amines is 1. The quantitative estimate of drug-likeness (QED) is 0.667. The normalized spacial score (nSPS) is 12.3. The van der Waals surface area contributed by atoms with Crippen LogP contribution in [-0.2, 0) is 0 Å². The summed E-state index contributed by atoms with van der Waals surface area (Å²) in [6, 6.07) is 2.78. The Balaban J connectivity index is 1.94. The van der Waals surface area contributed by atoms with Crippen LogP contribution >= 0.6 is 0 Å². The number of ether oxygens (including phenoxy) is 1. The molecular formula is C14H13F2N5O2. The molecule has 0 aliphatic heterocycles. The third-order valence-electron chi connectivity index (χ3n) is 2.95. The third kappa shape index (κ3) is 3.34. The predicted octanol–water partition coefficient (Wildman–Crippen LogP) is 2.22. The van der Waals surface area contributed by atoms with Gasteiger partial charge in [0.05, 0.1) is 17.7 Å². The largest absolute Gasteiger partial charge is 0.421 e. The van der Waals surface area contributed by atoms with Crippen LogP contribution < -0.4 is 10.1 Å². The second kappa shape index (κ2) is 6.13. The highest BCUT2D eigenvalue weighted by Crippen LogP contribution is 2.26. The van der Waals surface area contributed by atoms with Crippen molar-refractivity contribution in [2.24, 2.45) is 0 Å². The van der Waals surface area contributed by atoms with Gasteiger partial charge in [-0.3, -0.25) is 5.10 Å². The summed E-state index contributed by atoms with van der Waals surface area (Å²) in [5, 5.41) is 19.4. The third-order valence-corrected chi connectivity index (χ3v) is 2.95. The van der Waals surface area contributed by atoms with E-state index in [1.165, 1.54) is 6.20 Å². The Morgan fingerprint density at radius 1 is 1.35 bits per heavy atom. The van der Waals surface area contributed by atoms with Gasteiger partial charge < -0.3 is 15.2 Å². The lowest BCUT2D eigenvalue weighted by molar-refractivity contribution is 0.208. The van der Waals surface area contributed by atoms with Crippen molar-refractivity contribution in [2.75, 3.05) is 11.9 Å². The Morgan fingerprint density at radius 3 is 2.91 bits per heavy atom. The molecule has 0 amide bonds. The van der Waals surface area contributed by atoms with E-state index in [9.17, 15) is 13.9 Å². The molecule has 9 heteroatoms. The average Bonchev–Trinajstić information content (AvgIpc) is 2.96. The molecule has 0 saturated carbocycles. The molecular weight excluding hydrogens is 308 g/mol. The number of benzene rings is 1. The van der Waals surface area contributed by atoms with Crippen molar-refractivity contribution in [3.8, 4) is 11.8 Å². The predicted molar refractivity (Wildman–Crippen MR) is 78.3 cm³/mol. The molecule has 0 spiro atoms. The van der Waals surface area contributed by atoms with Crippen molar-refractivity contribution in [3.63, 3.8) is 0 Å². The molecule has 0 radical (unpaired) electrons. The van der Waals surface area contributed by atoms with Crippen molar-refractivity contribution >= 4 is 16.9 Å². The Hall–Kier alpha value is -2.81. The lowest BCUT2D eigenvalue weighted by Crippen LogP contribution is -2.16. The molecule has 0 bridgehead atoms. The fourth-order valence-electron chi connectivity index (χ4n) is 1.90. The molecule has 3 rings (SSSR count). The average molecular weight is 321 g/mol. The van der Waals surface area contributed by atoms with Gasteiger partial charge in [-0.05, 0) is 19.1 Å². The van der Waals surface area contributed by atoms with Crippen molar-refractivity contribution in [3.05, 3.63) is 36.0 Å². The summed E-state index contributed by atoms with van der Waals surface area (Å²) in [6.45, 7) is 1.87. The standard InChI is InChI=1S/C14H13F2N5O2/c1-7(22)5-17-12-9-6-18-21-13(9)20-14(19-12)23-11-3-2-8(15)4-10(11)16/h2-4,6-7,22H,5H2,1H3,(H2,17,18,19,20,21)/t7-/m0/s1. The fraction of sp³-hybridized carbons (Fsp3) is 0.214. The molecule has 0 unspecified atom stereocenters. The number of anilines is 1. The zero-order chi connectivity index (χ0) is 16.4. The molecule has 23 heavy (non-hydrogen) atoms. The highest BCUT2D eigenvalue weighted by molar-refractivity contribution is 5.86. The molecule has 3 N–H and O–H groups in total. The first kappa shape index (κ1) is 15.1. The first-order valence-corrected chi connectivity index (χ1v) is 6.79. The van der Waals surface area contributed by atoms with E-state index in [1.807, 2.05) is 0 Å². The summed E-state index contributed by atoms with van der Waals surface area (Å²) >= 11 is 0. The Kier molecular flexibility index (Phi) is 4.02. The minimum atomic E-state index is -0.864. The molecule has 0 saturated heterocycles. The summed E-state index contributed by atoms with van der Waals surface area (Å²) in [4.78, 5) is 8.20. The van der Waals surface area contributed by atoms with Crippen molar-refractivity contribution in [2.45, 2.75) is 13.0 Å². The van der Waals surface area contributed by atoms with E-state index < -0.39 is 17.7 Å². The smallest absolute Gasteiger partial charge is 0.326 e. The van der Waals surface area contributed by atoms with E-state index >= 15 is 0 Å². The van der Waals surface area contributed by atoms with Crippen molar-refractivity contribution < 1.29 is 18.6 Å². The van der Waals surface area contributed by atoms with E-state index in [1.54, 1.807) is 6.92 Å². The van der Waals surface area contributed by atoms with Crippen molar-refractivity contribution in [1.82, 2.24) is 20.2 Å². The van der Waals surface area contributed by atoms with Gasteiger partial charge in [0.2, 0.25) is 0 Å². The van der Waals surface area contributed by atoms with Gasteiger partial charge in [-0.25, -0.2) is 8.78 Å². The van der Waals surface area contributed by atoms with E-state index in [0.29, 0.717) is 22.9 Å². The Bertz CT molecular complexity index is 837. The maximum absolute atomic E-state index is 13.7. The summed E-state index contributed by atoms with van der Waals surface area (Å²) < 4.78 is 31.8. The first-order chi connectivity index (χ1) is 11.0. The van der Waals surface area contributed by atoms with Gasteiger partial charge in [0, 0.05) is 12.6 Å². The highest BCUT2D eigenvalue weighted by Gasteiger charge is 2.13. The zero-order valence-electron chi connectivity index (χ0n) is 12.0. The molecule has 0 aliphatic rings. The number of aliphatic hydroxyl groups excluding tert-OH is 1. The molecule has 0 aliphatic carbocycles. The molecule has 0 fully saturated rings. The second-order valence-corrected chi connectivity index (χ2v) is 4.89. The summed E-state index contributed by atoms with van der Waals surface area (Å²) in [7, 11) is 0. The fourth-order valence-corrected chi connectivity index (χ4v) is 1.90. The summed E-state index contributed by atoms with van der Waals surface area (Å²) in [5.41, 5.74) is 0.380. The van der Waals surface area contributed by atoms with Gasteiger partial charge in [0.15, 0.2) is 17.2 Å². The van der Waals surface area contributed by atoms with E-state index in [0.717, 1.165) is 12.1 Å². The van der Waals surface area contributed by atoms with Gasteiger partial charge in [-0.15, -0.1) is 0 Å².